The van der Waals surface area contributed by atoms with Crippen LogP contribution in [0.25, 0.3) is 0 Å². The molecule has 1 aliphatic heterocycles. The summed E-state index contributed by atoms with van der Waals surface area (Å²) in [6.45, 7) is 5.62. The number of carbonyl (C=O) groups excluding carboxylic acids is 1. The van der Waals surface area contributed by atoms with Crippen molar-refractivity contribution in [1.82, 2.24) is 0 Å². The van der Waals surface area contributed by atoms with Crippen LogP contribution in [0, 0.1) is 0 Å². The van der Waals surface area contributed by atoms with Crippen LogP contribution in [0.3, 0.4) is 0 Å². The Balaban J connectivity index is 2.74. The third kappa shape index (κ3) is 1.75. The third-order valence-electron chi connectivity index (χ3n) is 2.36. The van der Waals surface area contributed by atoms with Gasteiger partial charge in [0.1, 0.15) is 6.10 Å². The molecule has 0 fully saturated rings. The monoisotopic (exact) mass is 200 g/mol. The van der Waals surface area contributed by atoms with Gasteiger partial charge in [0.05, 0.1) is 12.7 Å². The Hall–Kier alpha value is -1.03. The Labute approximate surface area is 83.5 Å². The molecule has 4 nitrogen and oxygen atoms in total. The highest BCUT2D eigenvalue weighted by atomic mass is 16.7. The number of hydrogen-bond acceptors (Lipinski definition) is 4. The van der Waals surface area contributed by atoms with E-state index in [1.54, 1.807) is 20.8 Å². The molecule has 2 atom stereocenters. The van der Waals surface area contributed by atoms with Gasteiger partial charge in [0.2, 0.25) is 5.78 Å². The summed E-state index contributed by atoms with van der Waals surface area (Å²) in [6, 6.07) is 0. The summed E-state index contributed by atoms with van der Waals surface area (Å²) < 4.78 is 10.4. The zero-order chi connectivity index (χ0) is 10.8. The fourth-order valence-corrected chi connectivity index (χ4v) is 1.37. The summed E-state index contributed by atoms with van der Waals surface area (Å²) in [4.78, 5) is 11.5. The Bertz CT molecular complexity index is 259. The lowest BCUT2D eigenvalue weighted by Gasteiger charge is -2.27. The quantitative estimate of drug-likeness (QED) is 0.735. The summed E-state index contributed by atoms with van der Waals surface area (Å²) >= 11 is 0. The van der Waals surface area contributed by atoms with Crippen molar-refractivity contribution in [2.45, 2.75) is 38.9 Å². The number of hydrogen-bond donors (Lipinski definition) is 1. The van der Waals surface area contributed by atoms with Gasteiger partial charge in [0.15, 0.2) is 5.60 Å². The summed E-state index contributed by atoms with van der Waals surface area (Å²) in [5.74, 6) is -0.0391. The van der Waals surface area contributed by atoms with Gasteiger partial charge in [-0.05, 0) is 20.3 Å². The van der Waals surface area contributed by atoms with Gasteiger partial charge in [-0.2, -0.15) is 0 Å². The SMILES string of the molecule is CCOC1=CC(=O)[C@@](C)([C@@H](O)CC)O1. The molecule has 1 N–H and O–H groups in total. The average Bonchev–Trinajstić information content (AvgIpc) is 2.43. The predicted molar refractivity (Wildman–Crippen MR) is 50.5 cm³/mol. The Morgan fingerprint density at radius 1 is 1.64 bits per heavy atom. The first kappa shape index (κ1) is 11.0. The molecule has 0 aliphatic carbocycles. The lowest BCUT2D eigenvalue weighted by Crippen LogP contribution is -2.45. The maximum atomic E-state index is 11.5. The number of ether oxygens (including phenoxy) is 2. The molecule has 80 valence electrons. The summed E-state index contributed by atoms with van der Waals surface area (Å²) in [5.41, 5.74) is -1.17. The van der Waals surface area contributed by atoms with Crippen molar-refractivity contribution in [1.29, 1.82) is 0 Å². The van der Waals surface area contributed by atoms with Crippen molar-refractivity contribution < 1.29 is 19.4 Å². The predicted octanol–water partition coefficient (Wildman–Crippen LogP) is 0.993. The van der Waals surface area contributed by atoms with Crippen LogP contribution in [0.1, 0.15) is 27.2 Å². The fourth-order valence-electron chi connectivity index (χ4n) is 1.37. The van der Waals surface area contributed by atoms with Crippen molar-refractivity contribution in [3.8, 4) is 0 Å². The van der Waals surface area contributed by atoms with Crippen molar-refractivity contribution in [3.63, 3.8) is 0 Å². The second-order valence-electron chi connectivity index (χ2n) is 3.39. The van der Waals surface area contributed by atoms with Gasteiger partial charge in [-0.15, -0.1) is 0 Å². The van der Waals surface area contributed by atoms with E-state index in [1.807, 2.05) is 0 Å². The van der Waals surface area contributed by atoms with Crippen LogP contribution in [0.15, 0.2) is 12.0 Å². The van der Waals surface area contributed by atoms with Gasteiger partial charge in [-0.3, -0.25) is 4.79 Å². The molecule has 4 heteroatoms. The lowest BCUT2D eigenvalue weighted by atomic mass is 9.93. The van der Waals surface area contributed by atoms with Gasteiger partial charge < -0.3 is 14.6 Å². The lowest BCUT2D eigenvalue weighted by molar-refractivity contribution is -0.147. The zero-order valence-electron chi connectivity index (χ0n) is 8.74. The number of aliphatic hydroxyl groups excluding tert-OH is 1. The summed E-state index contributed by atoms with van der Waals surface area (Å²) in [6.07, 6.45) is 0.960. The van der Waals surface area contributed by atoms with E-state index in [1.165, 1.54) is 6.08 Å². The van der Waals surface area contributed by atoms with Crippen LogP contribution in [-0.2, 0) is 14.3 Å². The molecule has 0 aromatic carbocycles. The number of rotatable bonds is 4. The largest absolute Gasteiger partial charge is 0.466 e. The van der Waals surface area contributed by atoms with Crippen molar-refractivity contribution in [2.75, 3.05) is 6.61 Å². The first-order valence-corrected chi connectivity index (χ1v) is 4.80. The summed E-state index contributed by atoms with van der Waals surface area (Å²) in [5, 5.41) is 9.64. The van der Waals surface area contributed by atoms with Crippen molar-refractivity contribution >= 4 is 5.78 Å². The summed E-state index contributed by atoms with van der Waals surface area (Å²) in [7, 11) is 0. The average molecular weight is 200 g/mol. The Kier molecular flexibility index (Phi) is 3.16. The van der Waals surface area contributed by atoms with Crippen molar-refractivity contribution in [2.24, 2.45) is 0 Å². The van der Waals surface area contributed by atoms with E-state index in [-0.39, 0.29) is 11.7 Å². The second kappa shape index (κ2) is 4.00. The molecular formula is C10H16O4. The maximum Gasteiger partial charge on any atom is 0.284 e. The topological polar surface area (TPSA) is 55.8 Å². The molecule has 0 unspecified atom stereocenters. The molecule has 14 heavy (non-hydrogen) atoms. The van der Waals surface area contributed by atoms with Crippen LogP contribution in [0.5, 0.6) is 0 Å². The van der Waals surface area contributed by atoms with E-state index in [0.717, 1.165) is 0 Å². The van der Waals surface area contributed by atoms with Gasteiger partial charge >= 0.3 is 0 Å². The van der Waals surface area contributed by atoms with E-state index in [4.69, 9.17) is 9.47 Å². The van der Waals surface area contributed by atoms with Crippen LogP contribution >= 0.6 is 0 Å². The normalized spacial score (nSPS) is 28.3. The van der Waals surface area contributed by atoms with Crippen LogP contribution in [0.2, 0.25) is 0 Å². The number of aliphatic hydroxyl groups is 1. The molecule has 0 radical (unpaired) electrons. The molecule has 1 rings (SSSR count). The highest BCUT2D eigenvalue weighted by Crippen LogP contribution is 2.29. The molecule has 1 aliphatic rings. The van der Waals surface area contributed by atoms with Crippen molar-refractivity contribution in [3.05, 3.63) is 12.0 Å². The van der Waals surface area contributed by atoms with Gasteiger partial charge in [-0.1, -0.05) is 6.92 Å². The third-order valence-corrected chi connectivity index (χ3v) is 2.36. The minimum atomic E-state index is -1.17. The molecule has 0 bridgehead atoms. The molecule has 0 aromatic heterocycles. The zero-order valence-corrected chi connectivity index (χ0v) is 8.74. The molecule has 0 amide bonds. The Morgan fingerprint density at radius 2 is 2.29 bits per heavy atom. The van der Waals surface area contributed by atoms with E-state index in [2.05, 4.69) is 0 Å². The highest BCUT2D eigenvalue weighted by molar-refractivity contribution is 5.99. The van der Waals surface area contributed by atoms with Crippen LogP contribution in [0.4, 0.5) is 0 Å². The molecular weight excluding hydrogens is 184 g/mol. The number of carbonyl (C=O) groups is 1. The molecule has 1 heterocycles. The minimum Gasteiger partial charge on any atom is -0.466 e. The molecule has 0 saturated heterocycles. The fraction of sp³-hybridized carbons (Fsp3) is 0.700. The molecule has 0 aromatic rings. The van der Waals surface area contributed by atoms with Gasteiger partial charge in [0, 0.05) is 0 Å². The standard InChI is InChI=1S/C10H16O4/c1-4-7(11)10(3)8(12)6-9(14-10)13-5-2/h6-7,11H,4-5H2,1-3H3/t7-,10+/m0/s1. The van der Waals surface area contributed by atoms with Crippen LogP contribution in [-0.4, -0.2) is 29.2 Å². The second-order valence-corrected chi connectivity index (χ2v) is 3.39. The van der Waals surface area contributed by atoms with Crippen LogP contribution < -0.4 is 0 Å². The van der Waals surface area contributed by atoms with E-state index >= 15 is 0 Å². The first-order chi connectivity index (χ1) is 6.54. The molecule has 0 saturated carbocycles. The molecule has 0 spiro atoms. The van der Waals surface area contributed by atoms with Gasteiger partial charge in [0.25, 0.3) is 5.95 Å². The van der Waals surface area contributed by atoms with Gasteiger partial charge in [-0.25, -0.2) is 0 Å². The van der Waals surface area contributed by atoms with E-state index < -0.39 is 11.7 Å². The minimum absolute atomic E-state index is 0.201. The smallest absolute Gasteiger partial charge is 0.284 e. The number of ketones is 1. The highest BCUT2D eigenvalue weighted by Gasteiger charge is 2.46. The maximum absolute atomic E-state index is 11.5. The van der Waals surface area contributed by atoms with E-state index in [9.17, 15) is 9.90 Å². The van der Waals surface area contributed by atoms with E-state index in [0.29, 0.717) is 13.0 Å². The Morgan fingerprint density at radius 3 is 2.79 bits per heavy atom. The first-order valence-electron chi connectivity index (χ1n) is 4.80.